The average molecular weight is 246 g/mol. The maximum atomic E-state index is 11.5. The normalized spacial score (nSPS) is 14.1. The van der Waals surface area contributed by atoms with E-state index in [4.69, 9.17) is 5.73 Å². The number of rotatable bonds is 4. The van der Waals surface area contributed by atoms with Crippen molar-refractivity contribution in [3.05, 3.63) is 16.1 Å². The lowest BCUT2D eigenvalue weighted by Gasteiger charge is -2.14. The van der Waals surface area contributed by atoms with Gasteiger partial charge in [0.15, 0.2) is 0 Å². The molecule has 0 aliphatic rings. The molecule has 0 aromatic carbocycles. The largest absolute Gasteiger partial charge is 0.330 e. The Labute approximate surface area is 97.6 Å². The summed E-state index contributed by atoms with van der Waals surface area (Å²) in [7, 11) is -0.862. The first-order chi connectivity index (χ1) is 6.93. The molecule has 1 heterocycles. The van der Waals surface area contributed by atoms with E-state index in [0.717, 1.165) is 10.7 Å². The molecule has 0 fully saturated rings. The van der Waals surface area contributed by atoms with Gasteiger partial charge in [0.25, 0.3) is 0 Å². The van der Waals surface area contributed by atoms with E-state index in [1.165, 1.54) is 0 Å². The standard InChI is InChI=1S/C10H18N2OS2/c1-10(2,3)8-6-14-9(12-8)7-15(13)5-4-11/h6H,4-5,7,11H2,1-3H3. The molecule has 1 atom stereocenters. The molecule has 0 bridgehead atoms. The number of hydrogen-bond donors (Lipinski definition) is 1. The fraction of sp³-hybridized carbons (Fsp3) is 0.700. The van der Waals surface area contributed by atoms with Crippen LogP contribution < -0.4 is 5.73 Å². The molecule has 2 N–H and O–H groups in total. The van der Waals surface area contributed by atoms with E-state index in [0.29, 0.717) is 18.1 Å². The highest BCUT2D eigenvalue weighted by Crippen LogP contribution is 2.24. The molecule has 0 aliphatic carbocycles. The Kier molecular flexibility index (Phi) is 4.43. The third-order valence-corrected chi connectivity index (χ3v) is 4.27. The summed E-state index contributed by atoms with van der Waals surface area (Å²) in [6, 6.07) is 0. The Morgan fingerprint density at radius 3 is 2.67 bits per heavy atom. The zero-order chi connectivity index (χ0) is 11.5. The van der Waals surface area contributed by atoms with Gasteiger partial charge < -0.3 is 5.73 Å². The second kappa shape index (κ2) is 5.18. The van der Waals surface area contributed by atoms with Gasteiger partial charge in [0.05, 0.1) is 11.4 Å². The first-order valence-electron chi connectivity index (χ1n) is 4.93. The summed E-state index contributed by atoms with van der Waals surface area (Å²) in [6.07, 6.45) is 0. The molecule has 0 radical (unpaired) electrons. The van der Waals surface area contributed by atoms with Crippen LogP contribution in [0.5, 0.6) is 0 Å². The van der Waals surface area contributed by atoms with E-state index in [9.17, 15) is 4.21 Å². The third kappa shape index (κ3) is 4.01. The Balaban J connectivity index is 2.65. The van der Waals surface area contributed by atoms with Crippen LogP contribution in [0, 0.1) is 0 Å². The predicted molar refractivity (Wildman–Crippen MR) is 66.6 cm³/mol. The van der Waals surface area contributed by atoms with Crippen LogP contribution in [0.25, 0.3) is 0 Å². The summed E-state index contributed by atoms with van der Waals surface area (Å²) >= 11 is 1.59. The molecule has 1 aromatic rings. The highest BCUT2D eigenvalue weighted by atomic mass is 32.2. The first-order valence-corrected chi connectivity index (χ1v) is 7.30. The Bertz CT molecular complexity index is 341. The summed E-state index contributed by atoms with van der Waals surface area (Å²) < 4.78 is 11.5. The smallest absolute Gasteiger partial charge is 0.105 e. The van der Waals surface area contributed by atoms with Gasteiger partial charge in [0.2, 0.25) is 0 Å². The second-order valence-electron chi connectivity index (χ2n) is 4.45. The van der Waals surface area contributed by atoms with Crippen molar-refractivity contribution in [2.45, 2.75) is 31.9 Å². The van der Waals surface area contributed by atoms with E-state index in [1.54, 1.807) is 11.3 Å². The molecule has 1 unspecified atom stereocenters. The molecule has 1 aromatic heterocycles. The minimum atomic E-state index is -0.862. The van der Waals surface area contributed by atoms with Crippen LogP contribution in [0.2, 0.25) is 0 Å². The molecule has 5 heteroatoms. The van der Waals surface area contributed by atoms with Gasteiger partial charge in [-0.3, -0.25) is 4.21 Å². The molecule has 0 saturated heterocycles. The molecule has 0 spiro atoms. The van der Waals surface area contributed by atoms with Gasteiger partial charge in [0, 0.05) is 33.9 Å². The lowest BCUT2D eigenvalue weighted by Crippen LogP contribution is -2.13. The minimum Gasteiger partial charge on any atom is -0.330 e. The van der Waals surface area contributed by atoms with E-state index in [1.807, 2.05) is 0 Å². The summed E-state index contributed by atoms with van der Waals surface area (Å²) in [6.45, 7) is 6.86. The average Bonchev–Trinajstić information content (AvgIpc) is 2.52. The molecule has 1 rings (SSSR count). The molecule has 0 saturated carbocycles. The van der Waals surface area contributed by atoms with Gasteiger partial charge in [0.1, 0.15) is 5.01 Å². The molecule has 0 amide bonds. The molecule has 86 valence electrons. The van der Waals surface area contributed by atoms with Crippen LogP contribution in [0.1, 0.15) is 31.5 Å². The molecule has 15 heavy (non-hydrogen) atoms. The van der Waals surface area contributed by atoms with Crippen molar-refractivity contribution in [1.82, 2.24) is 4.98 Å². The van der Waals surface area contributed by atoms with Gasteiger partial charge in [-0.15, -0.1) is 11.3 Å². The van der Waals surface area contributed by atoms with Crippen molar-refractivity contribution in [3.63, 3.8) is 0 Å². The van der Waals surface area contributed by atoms with Crippen molar-refractivity contribution in [3.8, 4) is 0 Å². The Hall–Kier alpha value is -0.260. The summed E-state index contributed by atoms with van der Waals surface area (Å²) in [5, 5.41) is 3.00. The van der Waals surface area contributed by atoms with Gasteiger partial charge in [-0.05, 0) is 0 Å². The van der Waals surface area contributed by atoms with Gasteiger partial charge in [-0.1, -0.05) is 20.8 Å². The number of thiazole rings is 1. The lowest BCUT2D eigenvalue weighted by atomic mass is 9.93. The lowest BCUT2D eigenvalue weighted by molar-refractivity contribution is 0.571. The maximum Gasteiger partial charge on any atom is 0.105 e. The van der Waals surface area contributed by atoms with Crippen molar-refractivity contribution in [2.75, 3.05) is 12.3 Å². The number of nitrogens with two attached hydrogens (primary N) is 1. The zero-order valence-electron chi connectivity index (χ0n) is 9.45. The highest BCUT2D eigenvalue weighted by molar-refractivity contribution is 7.84. The van der Waals surface area contributed by atoms with Crippen LogP contribution in [0.4, 0.5) is 0 Å². The maximum absolute atomic E-state index is 11.5. The van der Waals surface area contributed by atoms with Crippen LogP contribution in [-0.4, -0.2) is 21.5 Å². The van der Waals surface area contributed by atoms with Crippen molar-refractivity contribution in [2.24, 2.45) is 5.73 Å². The van der Waals surface area contributed by atoms with Gasteiger partial charge in [-0.2, -0.15) is 0 Å². The van der Waals surface area contributed by atoms with Crippen LogP contribution in [0.3, 0.4) is 0 Å². The van der Waals surface area contributed by atoms with Crippen molar-refractivity contribution < 1.29 is 4.21 Å². The monoisotopic (exact) mass is 246 g/mol. The van der Waals surface area contributed by atoms with E-state index < -0.39 is 10.8 Å². The van der Waals surface area contributed by atoms with E-state index in [-0.39, 0.29) is 5.41 Å². The van der Waals surface area contributed by atoms with Gasteiger partial charge in [-0.25, -0.2) is 4.98 Å². The SMILES string of the molecule is CC(C)(C)c1csc(CS(=O)CCN)n1. The summed E-state index contributed by atoms with van der Waals surface area (Å²) in [4.78, 5) is 4.49. The quantitative estimate of drug-likeness (QED) is 0.879. The van der Waals surface area contributed by atoms with Crippen molar-refractivity contribution >= 4 is 22.1 Å². The van der Waals surface area contributed by atoms with Crippen LogP contribution in [0.15, 0.2) is 5.38 Å². The predicted octanol–water partition coefficient (Wildman–Crippen LogP) is 1.65. The minimum absolute atomic E-state index is 0.0735. The van der Waals surface area contributed by atoms with Crippen molar-refractivity contribution in [1.29, 1.82) is 0 Å². The topological polar surface area (TPSA) is 56.0 Å². The zero-order valence-corrected chi connectivity index (χ0v) is 11.1. The first kappa shape index (κ1) is 12.8. The van der Waals surface area contributed by atoms with Crippen LogP contribution in [-0.2, 0) is 22.0 Å². The number of nitrogens with zero attached hydrogens (tertiary/aromatic N) is 1. The van der Waals surface area contributed by atoms with Crippen LogP contribution >= 0.6 is 11.3 Å². The highest BCUT2D eigenvalue weighted by Gasteiger charge is 2.17. The molecular weight excluding hydrogens is 228 g/mol. The molecular formula is C10H18N2OS2. The third-order valence-electron chi connectivity index (χ3n) is 1.95. The number of hydrogen-bond acceptors (Lipinski definition) is 4. The summed E-state index contributed by atoms with van der Waals surface area (Å²) in [5.41, 5.74) is 6.50. The summed E-state index contributed by atoms with van der Waals surface area (Å²) in [5.74, 6) is 1.10. The fourth-order valence-corrected chi connectivity index (χ4v) is 3.28. The Morgan fingerprint density at radius 1 is 1.53 bits per heavy atom. The molecule has 3 nitrogen and oxygen atoms in total. The van der Waals surface area contributed by atoms with E-state index >= 15 is 0 Å². The Morgan fingerprint density at radius 2 is 2.20 bits per heavy atom. The number of aromatic nitrogens is 1. The second-order valence-corrected chi connectivity index (χ2v) is 6.97. The van der Waals surface area contributed by atoms with E-state index in [2.05, 4.69) is 31.1 Å². The van der Waals surface area contributed by atoms with Gasteiger partial charge >= 0.3 is 0 Å². The fourth-order valence-electron chi connectivity index (χ4n) is 1.06. The molecule has 0 aliphatic heterocycles.